The number of nitrogens with zero attached hydrogens (tertiary/aromatic N) is 5. The minimum Gasteiger partial charge on any atom is -0.383 e. The van der Waals surface area contributed by atoms with Crippen LogP contribution in [0.2, 0.25) is 0 Å². The molecule has 1 unspecified atom stereocenters. The molecule has 0 aliphatic carbocycles. The van der Waals surface area contributed by atoms with E-state index in [1.54, 1.807) is 18.9 Å². The molecule has 0 radical (unpaired) electrons. The van der Waals surface area contributed by atoms with Gasteiger partial charge in [0.15, 0.2) is 11.0 Å². The van der Waals surface area contributed by atoms with E-state index in [-0.39, 0.29) is 0 Å². The Kier molecular flexibility index (Phi) is 6.67. The summed E-state index contributed by atoms with van der Waals surface area (Å²) in [5, 5.41) is 19.2. The highest BCUT2D eigenvalue weighted by Gasteiger charge is 2.27. The molecular weight excluding hydrogens is 346 g/mol. The first-order valence-corrected chi connectivity index (χ1v) is 9.96. The molecule has 2 heterocycles. The Balaban J connectivity index is 1.81. The Morgan fingerprint density at radius 1 is 1.31 bits per heavy atom. The van der Waals surface area contributed by atoms with Crippen molar-refractivity contribution in [2.45, 2.75) is 42.8 Å². The second-order valence-electron chi connectivity index (χ2n) is 6.54. The van der Waals surface area contributed by atoms with Crippen molar-refractivity contribution in [3.8, 4) is 6.07 Å². The zero-order chi connectivity index (χ0) is 18.4. The molecular formula is C19H25N5OS. The quantitative estimate of drug-likeness (QED) is 0.696. The zero-order valence-corrected chi connectivity index (χ0v) is 16.2. The Morgan fingerprint density at radius 2 is 2.15 bits per heavy atom. The van der Waals surface area contributed by atoms with E-state index < -0.39 is 0 Å². The average Bonchev–Trinajstić information content (AvgIpc) is 3.07. The van der Waals surface area contributed by atoms with Crippen molar-refractivity contribution in [1.82, 2.24) is 19.7 Å². The van der Waals surface area contributed by atoms with Gasteiger partial charge in [0.05, 0.1) is 24.3 Å². The molecule has 1 aromatic heterocycles. The number of aromatic nitrogens is 3. The molecule has 7 heteroatoms. The summed E-state index contributed by atoms with van der Waals surface area (Å²) in [4.78, 5) is 2.37. The molecule has 1 atom stereocenters. The molecule has 1 fully saturated rings. The van der Waals surface area contributed by atoms with Gasteiger partial charge in [-0.3, -0.25) is 4.90 Å². The lowest BCUT2D eigenvalue weighted by atomic mass is 10.0. The Morgan fingerprint density at radius 3 is 2.92 bits per heavy atom. The van der Waals surface area contributed by atoms with Crippen LogP contribution in [-0.4, -0.2) is 47.0 Å². The highest BCUT2D eigenvalue weighted by molar-refractivity contribution is 7.98. The summed E-state index contributed by atoms with van der Waals surface area (Å²) in [5.74, 6) is 1.73. The Bertz CT molecular complexity index is 770. The molecule has 6 nitrogen and oxygen atoms in total. The molecule has 1 saturated heterocycles. The van der Waals surface area contributed by atoms with Gasteiger partial charge >= 0.3 is 0 Å². The van der Waals surface area contributed by atoms with E-state index in [0.717, 1.165) is 41.6 Å². The fourth-order valence-electron chi connectivity index (χ4n) is 3.34. The fraction of sp³-hybridized carbons (Fsp3) is 0.526. The van der Waals surface area contributed by atoms with E-state index in [4.69, 9.17) is 4.74 Å². The van der Waals surface area contributed by atoms with Crippen molar-refractivity contribution in [3.63, 3.8) is 0 Å². The van der Waals surface area contributed by atoms with Gasteiger partial charge in [-0.15, -0.1) is 10.2 Å². The van der Waals surface area contributed by atoms with E-state index in [1.807, 2.05) is 24.3 Å². The number of ether oxygens (including phenoxy) is 1. The van der Waals surface area contributed by atoms with Gasteiger partial charge in [-0.2, -0.15) is 5.26 Å². The fourth-order valence-corrected chi connectivity index (χ4v) is 4.32. The van der Waals surface area contributed by atoms with Gasteiger partial charge in [0.25, 0.3) is 0 Å². The lowest BCUT2D eigenvalue weighted by molar-refractivity contribution is 0.160. The van der Waals surface area contributed by atoms with Crippen LogP contribution >= 0.6 is 11.8 Å². The molecule has 0 bridgehead atoms. The summed E-state index contributed by atoms with van der Waals surface area (Å²) in [6.07, 6.45) is 3.58. The zero-order valence-electron chi connectivity index (χ0n) is 15.4. The molecule has 3 rings (SSSR count). The average molecular weight is 372 g/mol. The first kappa shape index (κ1) is 18.9. The van der Waals surface area contributed by atoms with Crippen LogP contribution in [0.3, 0.4) is 0 Å². The summed E-state index contributed by atoms with van der Waals surface area (Å²) in [6.45, 7) is 2.47. The summed E-state index contributed by atoms with van der Waals surface area (Å²) in [6, 6.07) is 10.3. The van der Waals surface area contributed by atoms with Gasteiger partial charge in [-0.1, -0.05) is 36.4 Å². The number of likely N-dealkylation sites (tertiary alicyclic amines) is 1. The Hall–Kier alpha value is -1.88. The Labute approximate surface area is 159 Å². The van der Waals surface area contributed by atoms with Crippen LogP contribution < -0.4 is 0 Å². The number of hydrogen-bond donors (Lipinski definition) is 0. The molecule has 0 amide bonds. The summed E-state index contributed by atoms with van der Waals surface area (Å²) in [5.41, 5.74) is 1.74. The largest absolute Gasteiger partial charge is 0.383 e. The predicted molar refractivity (Wildman–Crippen MR) is 102 cm³/mol. The normalized spacial score (nSPS) is 18.0. The van der Waals surface area contributed by atoms with E-state index in [1.165, 1.54) is 12.8 Å². The van der Waals surface area contributed by atoms with E-state index in [2.05, 4.69) is 32.8 Å². The SMILES string of the molecule is COCCn1c(SCc2ccccc2C#N)nnc1C1CCCCN1C. The second kappa shape index (κ2) is 9.17. The molecule has 1 aliphatic rings. The third-order valence-corrected chi connectivity index (χ3v) is 5.84. The number of thioether (sulfide) groups is 1. The molecule has 2 aromatic rings. The van der Waals surface area contributed by atoms with Crippen LogP contribution in [0.25, 0.3) is 0 Å². The van der Waals surface area contributed by atoms with Gasteiger partial charge < -0.3 is 9.30 Å². The minimum atomic E-state index is 0.314. The number of rotatable bonds is 7. The highest BCUT2D eigenvalue weighted by atomic mass is 32.2. The number of methoxy groups -OCH3 is 1. The maximum Gasteiger partial charge on any atom is 0.191 e. The van der Waals surface area contributed by atoms with Crippen molar-refractivity contribution in [1.29, 1.82) is 5.26 Å². The van der Waals surface area contributed by atoms with Crippen molar-refractivity contribution in [2.24, 2.45) is 0 Å². The van der Waals surface area contributed by atoms with Gasteiger partial charge in [0, 0.05) is 19.4 Å². The van der Waals surface area contributed by atoms with Crippen molar-refractivity contribution < 1.29 is 4.74 Å². The van der Waals surface area contributed by atoms with Crippen LogP contribution in [-0.2, 0) is 17.0 Å². The standard InChI is InChI=1S/C19H25N5OS/c1-23-10-6-5-9-17(23)18-21-22-19(24(18)11-12-25-2)26-14-16-8-4-3-7-15(16)13-20/h3-4,7-8,17H,5-6,9-12,14H2,1-2H3. The van der Waals surface area contributed by atoms with Crippen LogP contribution in [0.4, 0.5) is 0 Å². The van der Waals surface area contributed by atoms with Crippen molar-refractivity contribution in [2.75, 3.05) is 27.3 Å². The highest BCUT2D eigenvalue weighted by Crippen LogP contribution is 2.31. The second-order valence-corrected chi connectivity index (χ2v) is 7.48. The predicted octanol–water partition coefficient (Wildman–Crippen LogP) is 3.25. The molecule has 0 saturated carbocycles. The van der Waals surface area contributed by atoms with Gasteiger partial charge in [0.1, 0.15) is 0 Å². The van der Waals surface area contributed by atoms with Crippen LogP contribution in [0, 0.1) is 11.3 Å². The molecule has 0 N–H and O–H groups in total. The lowest BCUT2D eigenvalue weighted by Gasteiger charge is -2.31. The summed E-state index contributed by atoms with van der Waals surface area (Å²) >= 11 is 1.63. The van der Waals surface area contributed by atoms with Crippen molar-refractivity contribution in [3.05, 3.63) is 41.2 Å². The molecule has 138 valence electrons. The minimum absolute atomic E-state index is 0.314. The smallest absolute Gasteiger partial charge is 0.191 e. The van der Waals surface area contributed by atoms with Crippen LogP contribution in [0.15, 0.2) is 29.4 Å². The summed E-state index contributed by atoms with van der Waals surface area (Å²) < 4.78 is 7.49. The van der Waals surface area contributed by atoms with Crippen LogP contribution in [0.5, 0.6) is 0 Å². The number of hydrogen-bond acceptors (Lipinski definition) is 6. The summed E-state index contributed by atoms with van der Waals surface area (Å²) in [7, 11) is 3.88. The van der Waals surface area contributed by atoms with Crippen molar-refractivity contribution >= 4 is 11.8 Å². The first-order valence-electron chi connectivity index (χ1n) is 8.97. The molecule has 1 aliphatic heterocycles. The van der Waals surface area contributed by atoms with E-state index in [0.29, 0.717) is 18.4 Å². The monoisotopic (exact) mass is 371 g/mol. The number of nitriles is 1. The van der Waals surface area contributed by atoms with Crippen LogP contribution in [0.1, 0.15) is 42.3 Å². The topological polar surface area (TPSA) is 67.0 Å². The maximum atomic E-state index is 9.28. The first-order chi connectivity index (χ1) is 12.7. The van der Waals surface area contributed by atoms with Gasteiger partial charge in [0.2, 0.25) is 0 Å². The number of benzene rings is 1. The maximum absolute atomic E-state index is 9.28. The third-order valence-electron chi connectivity index (χ3n) is 4.83. The van der Waals surface area contributed by atoms with Gasteiger partial charge in [-0.05, 0) is 38.1 Å². The molecule has 0 spiro atoms. The third kappa shape index (κ3) is 4.26. The van der Waals surface area contributed by atoms with Gasteiger partial charge in [-0.25, -0.2) is 0 Å². The molecule has 26 heavy (non-hydrogen) atoms. The lowest BCUT2D eigenvalue weighted by Crippen LogP contribution is -2.32. The van der Waals surface area contributed by atoms with E-state index in [9.17, 15) is 5.26 Å². The molecule has 1 aromatic carbocycles. The van der Waals surface area contributed by atoms with E-state index >= 15 is 0 Å². The number of piperidine rings is 1.